The van der Waals surface area contributed by atoms with Gasteiger partial charge in [0, 0.05) is 16.8 Å². The second kappa shape index (κ2) is 6.74. The highest BCUT2D eigenvalue weighted by Gasteiger charge is 2.07. The van der Waals surface area contributed by atoms with E-state index in [0.717, 1.165) is 11.3 Å². The van der Waals surface area contributed by atoms with Gasteiger partial charge in [0.25, 0.3) is 5.91 Å². The molecule has 3 rings (SSSR count). The van der Waals surface area contributed by atoms with E-state index in [2.05, 4.69) is 20.5 Å². The second-order valence-corrected chi connectivity index (χ2v) is 4.82. The number of carbonyl (C=O) groups excluding carboxylic acids is 1. The second-order valence-electron chi connectivity index (χ2n) is 4.82. The highest BCUT2D eigenvalue weighted by Crippen LogP contribution is 2.18. The molecule has 2 N–H and O–H groups in total. The summed E-state index contributed by atoms with van der Waals surface area (Å²) in [5.41, 5.74) is 2.20. The first-order valence-electron chi connectivity index (χ1n) is 7.26. The lowest BCUT2D eigenvalue weighted by Gasteiger charge is -2.07. The Kier molecular flexibility index (Phi) is 4.33. The van der Waals surface area contributed by atoms with E-state index in [0.29, 0.717) is 23.7 Å². The van der Waals surface area contributed by atoms with Gasteiger partial charge in [-0.2, -0.15) is 5.10 Å². The Balaban J connectivity index is 1.67. The number of ether oxygens (including phenoxy) is 1. The number of hydrogen-bond acceptors (Lipinski definition) is 4. The molecule has 3 aromatic rings. The molecular formula is C17H16N4O2. The fourth-order valence-electron chi connectivity index (χ4n) is 2.13. The third-order valence-electron chi connectivity index (χ3n) is 3.26. The summed E-state index contributed by atoms with van der Waals surface area (Å²) >= 11 is 0. The predicted molar refractivity (Wildman–Crippen MR) is 87.4 cm³/mol. The number of nitrogens with zero attached hydrogens (tertiary/aromatic N) is 2. The van der Waals surface area contributed by atoms with Crippen molar-refractivity contribution in [2.75, 3.05) is 11.9 Å². The van der Waals surface area contributed by atoms with E-state index in [-0.39, 0.29) is 5.91 Å². The zero-order valence-electron chi connectivity index (χ0n) is 12.6. The van der Waals surface area contributed by atoms with Gasteiger partial charge in [-0.1, -0.05) is 0 Å². The molecule has 0 saturated heterocycles. The van der Waals surface area contributed by atoms with Crippen molar-refractivity contribution in [3.8, 4) is 17.1 Å². The molecule has 0 atom stereocenters. The van der Waals surface area contributed by atoms with E-state index >= 15 is 0 Å². The summed E-state index contributed by atoms with van der Waals surface area (Å²) in [6.07, 6.45) is 1.46. The monoisotopic (exact) mass is 308 g/mol. The standard InChI is InChI=1S/C17H16N4O2/c1-2-23-15-9-5-13(6-10-15)17(22)20-14-7-3-12(4-8-14)16-18-11-19-21-16/h3-11H,2H2,1H3,(H,20,22)(H,18,19,21). The molecule has 2 aromatic carbocycles. The average molecular weight is 308 g/mol. The number of aromatic nitrogens is 3. The normalized spacial score (nSPS) is 10.3. The molecule has 0 spiro atoms. The lowest BCUT2D eigenvalue weighted by molar-refractivity contribution is 0.102. The van der Waals surface area contributed by atoms with Crippen LogP contribution in [0.25, 0.3) is 11.4 Å². The van der Waals surface area contributed by atoms with E-state index in [1.165, 1.54) is 6.33 Å². The van der Waals surface area contributed by atoms with E-state index in [1.54, 1.807) is 24.3 Å². The van der Waals surface area contributed by atoms with Gasteiger partial charge in [-0.25, -0.2) is 4.98 Å². The van der Waals surface area contributed by atoms with Crippen molar-refractivity contribution in [3.05, 3.63) is 60.4 Å². The van der Waals surface area contributed by atoms with Crippen LogP contribution in [0.15, 0.2) is 54.9 Å². The van der Waals surface area contributed by atoms with Crippen LogP contribution in [0, 0.1) is 0 Å². The molecular weight excluding hydrogens is 292 g/mol. The highest BCUT2D eigenvalue weighted by atomic mass is 16.5. The molecule has 6 heteroatoms. The number of rotatable bonds is 5. The summed E-state index contributed by atoms with van der Waals surface area (Å²) in [5.74, 6) is 1.27. The van der Waals surface area contributed by atoms with Gasteiger partial charge in [0.15, 0.2) is 5.82 Å². The Morgan fingerprint density at radius 2 is 1.87 bits per heavy atom. The van der Waals surface area contributed by atoms with E-state index in [9.17, 15) is 4.79 Å². The summed E-state index contributed by atoms with van der Waals surface area (Å²) in [5, 5.41) is 9.46. The predicted octanol–water partition coefficient (Wildman–Crippen LogP) is 3.12. The molecule has 6 nitrogen and oxygen atoms in total. The fraction of sp³-hybridized carbons (Fsp3) is 0.118. The number of H-pyrrole nitrogens is 1. The van der Waals surface area contributed by atoms with Gasteiger partial charge in [0.05, 0.1) is 6.61 Å². The number of amides is 1. The van der Waals surface area contributed by atoms with Crippen LogP contribution < -0.4 is 10.1 Å². The van der Waals surface area contributed by atoms with Crippen LogP contribution in [0.2, 0.25) is 0 Å². The van der Waals surface area contributed by atoms with Crippen LogP contribution in [0.1, 0.15) is 17.3 Å². The Labute approximate surface area is 133 Å². The van der Waals surface area contributed by atoms with Gasteiger partial charge in [-0.05, 0) is 55.5 Å². The van der Waals surface area contributed by atoms with Gasteiger partial charge < -0.3 is 10.1 Å². The summed E-state index contributed by atoms with van der Waals surface area (Å²) in [7, 11) is 0. The first kappa shape index (κ1) is 14.8. The third kappa shape index (κ3) is 3.55. The lowest BCUT2D eigenvalue weighted by Crippen LogP contribution is -2.11. The fourth-order valence-corrected chi connectivity index (χ4v) is 2.13. The van der Waals surface area contributed by atoms with Crippen LogP contribution >= 0.6 is 0 Å². The van der Waals surface area contributed by atoms with Crippen molar-refractivity contribution >= 4 is 11.6 Å². The zero-order chi connectivity index (χ0) is 16.1. The Morgan fingerprint density at radius 3 is 2.48 bits per heavy atom. The molecule has 0 aliphatic carbocycles. The summed E-state index contributed by atoms with van der Waals surface area (Å²) < 4.78 is 5.36. The van der Waals surface area contributed by atoms with Gasteiger partial charge >= 0.3 is 0 Å². The molecule has 1 amide bonds. The smallest absolute Gasteiger partial charge is 0.255 e. The van der Waals surface area contributed by atoms with Crippen LogP contribution in [0.5, 0.6) is 5.75 Å². The van der Waals surface area contributed by atoms with Crippen molar-refractivity contribution in [2.45, 2.75) is 6.92 Å². The van der Waals surface area contributed by atoms with Crippen molar-refractivity contribution in [1.82, 2.24) is 15.2 Å². The average Bonchev–Trinajstić information content (AvgIpc) is 3.11. The molecule has 0 radical (unpaired) electrons. The summed E-state index contributed by atoms with van der Waals surface area (Å²) in [6, 6.07) is 14.4. The largest absolute Gasteiger partial charge is 0.494 e. The van der Waals surface area contributed by atoms with Crippen molar-refractivity contribution in [3.63, 3.8) is 0 Å². The van der Waals surface area contributed by atoms with E-state index < -0.39 is 0 Å². The van der Waals surface area contributed by atoms with E-state index in [4.69, 9.17) is 4.74 Å². The van der Waals surface area contributed by atoms with Crippen LogP contribution in [0.4, 0.5) is 5.69 Å². The van der Waals surface area contributed by atoms with Gasteiger partial charge in [-0.15, -0.1) is 0 Å². The first-order chi connectivity index (χ1) is 11.3. The molecule has 0 unspecified atom stereocenters. The molecule has 0 saturated carbocycles. The zero-order valence-corrected chi connectivity index (χ0v) is 12.6. The number of aromatic amines is 1. The lowest BCUT2D eigenvalue weighted by atomic mass is 10.1. The summed E-state index contributed by atoms with van der Waals surface area (Å²) in [4.78, 5) is 16.3. The van der Waals surface area contributed by atoms with Crippen LogP contribution in [0.3, 0.4) is 0 Å². The Bertz CT molecular complexity index is 765. The Hall–Kier alpha value is -3.15. The number of hydrogen-bond donors (Lipinski definition) is 2. The molecule has 116 valence electrons. The number of carbonyl (C=O) groups is 1. The quantitative estimate of drug-likeness (QED) is 0.759. The van der Waals surface area contributed by atoms with Crippen molar-refractivity contribution in [2.24, 2.45) is 0 Å². The minimum absolute atomic E-state index is 0.166. The molecule has 1 aromatic heterocycles. The van der Waals surface area contributed by atoms with Crippen molar-refractivity contribution in [1.29, 1.82) is 0 Å². The highest BCUT2D eigenvalue weighted by molar-refractivity contribution is 6.04. The van der Waals surface area contributed by atoms with Gasteiger partial charge in [-0.3, -0.25) is 9.89 Å². The maximum absolute atomic E-state index is 12.2. The van der Waals surface area contributed by atoms with E-state index in [1.807, 2.05) is 31.2 Å². The number of benzene rings is 2. The van der Waals surface area contributed by atoms with Crippen LogP contribution in [-0.4, -0.2) is 27.7 Å². The van der Waals surface area contributed by atoms with Gasteiger partial charge in [0.2, 0.25) is 0 Å². The van der Waals surface area contributed by atoms with Crippen molar-refractivity contribution < 1.29 is 9.53 Å². The minimum Gasteiger partial charge on any atom is -0.494 e. The molecule has 0 fully saturated rings. The number of nitrogens with one attached hydrogen (secondary N) is 2. The maximum atomic E-state index is 12.2. The molecule has 0 bridgehead atoms. The molecule has 0 aliphatic rings. The summed E-state index contributed by atoms with van der Waals surface area (Å²) in [6.45, 7) is 2.52. The third-order valence-corrected chi connectivity index (χ3v) is 3.26. The molecule has 0 aliphatic heterocycles. The van der Waals surface area contributed by atoms with Crippen LogP contribution in [-0.2, 0) is 0 Å². The maximum Gasteiger partial charge on any atom is 0.255 e. The SMILES string of the molecule is CCOc1ccc(C(=O)Nc2ccc(-c3ncn[nH]3)cc2)cc1. The first-order valence-corrected chi connectivity index (χ1v) is 7.26. The number of anilines is 1. The molecule has 23 heavy (non-hydrogen) atoms. The minimum atomic E-state index is -0.166. The van der Waals surface area contributed by atoms with Gasteiger partial charge in [0.1, 0.15) is 12.1 Å². The molecule has 1 heterocycles. The topological polar surface area (TPSA) is 79.9 Å². The Morgan fingerprint density at radius 1 is 1.13 bits per heavy atom.